The van der Waals surface area contributed by atoms with Crippen LogP contribution in [-0.2, 0) is 8.85 Å². The lowest BCUT2D eigenvalue weighted by atomic mass is 10.1. The maximum atomic E-state index is 9.73. The predicted molar refractivity (Wildman–Crippen MR) is 100 cm³/mol. The predicted octanol–water partition coefficient (Wildman–Crippen LogP) is 3.72. The number of rotatable bonds is 7. The SMILES string of the molecule is CC(C)(C)[Si](C)(C)OCC(N)(CO)CO[Si](C)(C)C(C)(C)C. The van der Waals surface area contributed by atoms with Gasteiger partial charge in [0.1, 0.15) is 0 Å². The molecule has 0 aromatic carbocycles. The maximum Gasteiger partial charge on any atom is 0.192 e. The third-order valence-electron chi connectivity index (χ3n) is 5.37. The van der Waals surface area contributed by atoms with Crippen molar-refractivity contribution in [2.24, 2.45) is 5.73 Å². The van der Waals surface area contributed by atoms with Crippen molar-refractivity contribution < 1.29 is 14.0 Å². The molecule has 0 aromatic heterocycles. The Morgan fingerprint density at radius 2 is 1.05 bits per heavy atom. The number of nitrogens with two attached hydrogens (primary N) is 1. The van der Waals surface area contributed by atoms with E-state index in [0.29, 0.717) is 13.2 Å². The lowest BCUT2D eigenvalue weighted by molar-refractivity contribution is 0.0772. The average Bonchev–Trinajstić information content (AvgIpc) is 2.31. The van der Waals surface area contributed by atoms with E-state index >= 15 is 0 Å². The normalized spacial score (nSPS) is 15.3. The molecule has 0 unspecified atom stereocenters. The van der Waals surface area contributed by atoms with Crippen molar-refractivity contribution in [3.05, 3.63) is 0 Å². The van der Waals surface area contributed by atoms with E-state index in [1.54, 1.807) is 0 Å². The van der Waals surface area contributed by atoms with Gasteiger partial charge < -0.3 is 19.7 Å². The molecular formula is C16H39NO3Si2. The van der Waals surface area contributed by atoms with Gasteiger partial charge in [0.25, 0.3) is 0 Å². The highest BCUT2D eigenvalue weighted by molar-refractivity contribution is 6.74. The topological polar surface area (TPSA) is 64.7 Å². The molecule has 22 heavy (non-hydrogen) atoms. The second-order valence-electron chi connectivity index (χ2n) is 9.62. The Morgan fingerprint density at radius 3 is 1.23 bits per heavy atom. The summed E-state index contributed by atoms with van der Waals surface area (Å²) in [6.07, 6.45) is 0. The number of hydrogen-bond acceptors (Lipinski definition) is 4. The first kappa shape index (κ1) is 22.3. The van der Waals surface area contributed by atoms with Gasteiger partial charge in [0.05, 0.1) is 25.4 Å². The maximum absolute atomic E-state index is 9.73. The molecule has 0 atom stereocenters. The van der Waals surface area contributed by atoms with Gasteiger partial charge in [0.15, 0.2) is 16.6 Å². The number of hydrogen-bond donors (Lipinski definition) is 2. The highest BCUT2D eigenvalue weighted by Crippen LogP contribution is 2.38. The molecule has 0 radical (unpaired) electrons. The zero-order valence-electron chi connectivity index (χ0n) is 16.5. The quantitative estimate of drug-likeness (QED) is 0.688. The highest BCUT2D eigenvalue weighted by atomic mass is 28.4. The van der Waals surface area contributed by atoms with E-state index < -0.39 is 22.2 Å². The fourth-order valence-corrected chi connectivity index (χ4v) is 3.38. The molecule has 4 nitrogen and oxygen atoms in total. The van der Waals surface area contributed by atoms with Crippen molar-refractivity contribution >= 4 is 16.6 Å². The van der Waals surface area contributed by atoms with Gasteiger partial charge >= 0.3 is 0 Å². The summed E-state index contributed by atoms with van der Waals surface area (Å²) in [5.41, 5.74) is 5.51. The van der Waals surface area contributed by atoms with Gasteiger partial charge in [-0.15, -0.1) is 0 Å². The van der Waals surface area contributed by atoms with Crippen LogP contribution in [0.15, 0.2) is 0 Å². The Morgan fingerprint density at radius 1 is 0.773 bits per heavy atom. The molecule has 0 aromatic rings. The van der Waals surface area contributed by atoms with Gasteiger partial charge in [-0.05, 0) is 36.3 Å². The zero-order valence-corrected chi connectivity index (χ0v) is 18.5. The third-order valence-corrected chi connectivity index (χ3v) is 14.3. The van der Waals surface area contributed by atoms with Crippen molar-refractivity contribution in [3.8, 4) is 0 Å². The van der Waals surface area contributed by atoms with Crippen LogP contribution in [0.4, 0.5) is 0 Å². The lowest BCUT2D eigenvalue weighted by Crippen LogP contribution is -2.58. The summed E-state index contributed by atoms with van der Waals surface area (Å²) in [7, 11) is -3.76. The van der Waals surface area contributed by atoms with Crippen LogP contribution in [0.5, 0.6) is 0 Å². The summed E-state index contributed by atoms with van der Waals surface area (Å²) in [6.45, 7) is 22.5. The molecule has 0 rings (SSSR count). The Hall–Kier alpha value is 0.274. The molecule has 6 heteroatoms. The molecule has 0 saturated carbocycles. The zero-order chi connectivity index (χ0) is 18.0. The minimum absolute atomic E-state index is 0.129. The lowest BCUT2D eigenvalue weighted by Gasteiger charge is -2.42. The van der Waals surface area contributed by atoms with Crippen molar-refractivity contribution in [2.45, 2.75) is 83.3 Å². The molecule has 0 aliphatic rings. The molecule has 3 N–H and O–H groups in total. The van der Waals surface area contributed by atoms with Crippen LogP contribution in [0.1, 0.15) is 41.5 Å². The highest BCUT2D eigenvalue weighted by Gasteiger charge is 2.42. The number of aliphatic hydroxyl groups excluding tert-OH is 1. The summed E-state index contributed by atoms with van der Waals surface area (Å²) in [5, 5.41) is 9.99. The summed E-state index contributed by atoms with van der Waals surface area (Å²) in [5.74, 6) is 0. The molecule has 0 aliphatic heterocycles. The largest absolute Gasteiger partial charge is 0.415 e. The van der Waals surface area contributed by atoms with Crippen LogP contribution >= 0.6 is 0 Å². The van der Waals surface area contributed by atoms with Gasteiger partial charge in [-0.2, -0.15) is 0 Å². The van der Waals surface area contributed by atoms with E-state index in [1.165, 1.54) is 0 Å². The summed E-state index contributed by atoms with van der Waals surface area (Å²) >= 11 is 0. The van der Waals surface area contributed by atoms with Gasteiger partial charge in [-0.25, -0.2) is 0 Å². The Balaban J connectivity index is 4.81. The molecule has 0 spiro atoms. The molecule has 0 heterocycles. The monoisotopic (exact) mass is 349 g/mol. The van der Waals surface area contributed by atoms with Gasteiger partial charge in [-0.3, -0.25) is 0 Å². The molecule has 0 saturated heterocycles. The van der Waals surface area contributed by atoms with Gasteiger partial charge in [-0.1, -0.05) is 41.5 Å². The Labute approximate surface area is 140 Å². The molecular weight excluding hydrogens is 310 g/mol. The second kappa shape index (κ2) is 7.03. The fourth-order valence-electron chi connectivity index (χ4n) is 1.21. The minimum atomic E-state index is -1.88. The summed E-state index contributed by atoms with van der Waals surface area (Å²) in [6, 6.07) is 0. The van der Waals surface area contributed by atoms with Crippen molar-refractivity contribution in [2.75, 3.05) is 19.8 Å². The van der Waals surface area contributed by atoms with Gasteiger partial charge in [0, 0.05) is 0 Å². The molecule has 0 bridgehead atoms. The first-order valence-corrected chi connectivity index (χ1v) is 14.0. The van der Waals surface area contributed by atoms with Crippen LogP contribution in [0.25, 0.3) is 0 Å². The standard InChI is InChI=1S/C16H39NO3Si2/c1-14(2,3)21(7,8)19-12-16(17,11-18)13-20-22(9,10)15(4,5)6/h18H,11-13,17H2,1-10H3. The van der Waals surface area contributed by atoms with Crippen LogP contribution in [0.2, 0.25) is 36.3 Å². The molecule has 0 fully saturated rings. The third kappa shape index (κ3) is 6.05. The van der Waals surface area contributed by atoms with E-state index in [1.807, 2.05) is 0 Å². The van der Waals surface area contributed by atoms with Crippen molar-refractivity contribution in [1.82, 2.24) is 0 Å². The minimum Gasteiger partial charge on any atom is -0.415 e. The summed E-state index contributed by atoms with van der Waals surface area (Å²) in [4.78, 5) is 0. The first-order chi connectivity index (χ1) is 9.47. The summed E-state index contributed by atoms with van der Waals surface area (Å²) < 4.78 is 12.4. The first-order valence-electron chi connectivity index (χ1n) is 8.15. The van der Waals surface area contributed by atoms with E-state index in [2.05, 4.69) is 67.7 Å². The second-order valence-corrected chi connectivity index (χ2v) is 19.2. The van der Waals surface area contributed by atoms with Crippen molar-refractivity contribution in [3.63, 3.8) is 0 Å². The Kier molecular flexibility index (Phi) is 7.12. The molecule has 134 valence electrons. The van der Waals surface area contributed by atoms with Crippen LogP contribution < -0.4 is 5.73 Å². The van der Waals surface area contributed by atoms with E-state index in [4.69, 9.17) is 14.6 Å². The van der Waals surface area contributed by atoms with E-state index in [0.717, 1.165) is 0 Å². The average molecular weight is 350 g/mol. The van der Waals surface area contributed by atoms with E-state index in [-0.39, 0.29) is 16.7 Å². The fraction of sp³-hybridized carbons (Fsp3) is 1.00. The van der Waals surface area contributed by atoms with Crippen LogP contribution in [0.3, 0.4) is 0 Å². The number of aliphatic hydroxyl groups is 1. The Bertz CT molecular complexity index is 327. The van der Waals surface area contributed by atoms with Gasteiger partial charge in [0.2, 0.25) is 0 Å². The van der Waals surface area contributed by atoms with E-state index in [9.17, 15) is 5.11 Å². The van der Waals surface area contributed by atoms with Crippen LogP contribution in [0, 0.1) is 0 Å². The van der Waals surface area contributed by atoms with Crippen LogP contribution in [-0.4, -0.2) is 47.1 Å². The smallest absolute Gasteiger partial charge is 0.192 e. The molecule has 0 aliphatic carbocycles. The molecule has 0 amide bonds. The van der Waals surface area contributed by atoms with Crippen molar-refractivity contribution in [1.29, 1.82) is 0 Å².